The zero-order chi connectivity index (χ0) is 16.5. The van der Waals surface area contributed by atoms with Crippen LogP contribution in [0.5, 0.6) is 11.5 Å². The summed E-state index contributed by atoms with van der Waals surface area (Å²) >= 11 is 0. The van der Waals surface area contributed by atoms with Gasteiger partial charge in [-0.05, 0) is 24.1 Å². The summed E-state index contributed by atoms with van der Waals surface area (Å²) in [5.41, 5.74) is 1.69. The minimum Gasteiger partial charge on any atom is -0.454 e. The largest absolute Gasteiger partial charge is 0.454 e. The molecule has 0 radical (unpaired) electrons. The predicted molar refractivity (Wildman–Crippen MR) is 85.0 cm³/mol. The van der Waals surface area contributed by atoms with Gasteiger partial charge in [-0.3, -0.25) is 4.90 Å². The quantitative estimate of drug-likeness (QED) is 0.825. The molecular formula is C18H21NO5. The maximum atomic E-state index is 11.0. The van der Waals surface area contributed by atoms with Crippen LogP contribution in [0.1, 0.15) is 23.8 Å². The topological polar surface area (TPSA) is 60.4 Å². The minimum atomic E-state index is -0.490. The van der Waals surface area contributed by atoms with Crippen molar-refractivity contribution in [2.75, 3.05) is 27.6 Å². The summed E-state index contributed by atoms with van der Waals surface area (Å²) < 4.78 is 22.5. The Labute approximate surface area is 140 Å². The summed E-state index contributed by atoms with van der Waals surface area (Å²) in [5.74, 6) is 1.49. The number of ether oxygens (including phenoxy) is 4. The van der Waals surface area contributed by atoms with Crippen LogP contribution in [-0.4, -0.2) is 55.8 Å². The van der Waals surface area contributed by atoms with Crippen molar-refractivity contribution in [3.8, 4) is 11.5 Å². The van der Waals surface area contributed by atoms with E-state index in [1.807, 2.05) is 12.1 Å². The van der Waals surface area contributed by atoms with Gasteiger partial charge in [0, 0.05) is 32.4 Å². The van der Waals surface area contributed by atoms with E-state index in [1.54, 1.807) is 14.2 Å². The first-order valence-electron chi connectivity index (χ1n) is 8.32. The van der Waals surface area contributed by atoms with Crippen molar-refractivity contribution in [3.63, 3.8) is 0 Å². The molecule has 24 heavy (non-hydrogen) atoms. The standard InChI is InChI=1S/C18H21NO5/c1-21-10-3-4-18-12-7-14-13(23-9-24-14)6-11(12)17(22-2)19(8-16(18)20)15(18)5-10/h3-4,6-7,10,15-17,20H,5,8-9H2,1-2H3/t10-,15+,16+,17+,18+/m1/s1. The number of aliphatic hydroxyl groups is 1. The van der Waals surface area contributed by atoms with Gasteiger partial charge in [-0.25, -0.2) is 0 Å². The van der Waals surface area contributed by atoms with E-state index in [9.17, 15) is 5.11 Å². The van der Waals surface area contributed by atoms with E-state index in [1.165, 1.54) is 0 Å². The van der Waals surface area contributed by atoms with Crippen LogP contribution < -0.4 is 9.47 Å². The molecule has 0 aromatic heterocycles. The molecule has 4 aliphatic rings. The third-order valence-electron chi connectivity index (χ3n) is 6.03. The first kappa shape index (κ1) is 14.7. The first-order valence-corrected chi connectivity index (χ1v) is 8.32. The van der Waals surface area contributed by atoms with E-state index in [0.29, 0.717) is 6.54 Å². The van der Waals surface area contributed by atoms with Gasteiger partial charge in [0.25, 0.3) is 0 Å². The number of rotatable bonds is 2. The monoisotopic (exact) mass is 331 g/mol. The van der Waals surface area contributed by atoms with Crippen LogP contribution in [0.15, 0.2) is 24.3 Å². The van der Waals surface area contributed by atoms with E-state index < -0.39 is 11.5 Å². The number of aliphatic hydroxyl groups excluding tert-OH is 1. The Bertz CT molecular complexity index is 720. The van der Waals surface area contributed by atoms with Gasteiger partial charge in [0.2, 0.25) is 6.79 Å². The van der Waals surface area contributed by atoms with Crippen molar-refractivity contribution in [2.24, 2.45) is 0 Å². The van der Waals surface area contributed by atoms with Crippen LogP contribution in [0.25, 0.3) is 0 Å². The van der Waals surface area contributed by atoms with Crippen LogP contribution in [-0.2, 0) is 14.9 Å². The number of methoxy groups -OCH3 is 2. The fourth-order valence-electron chi connectivity index (χ4n) is 4.95. The molecular weight excluding hydrogens is 310 g/mol. The lowest BCUT2D eigenvalue weighted by molar-refractivity contribution is -0.0668. The highest BCUT2D eigenvalue weighted by molar-refractivity contribution is 5.57. The van der Waals surface area contributed by atoms with E-state index >= 15 is 0 Å². The molecule has 1 aromatic rings. The Kier molecular flexibility index (Phi) is 3.04. The second-order valence-corrected chi connectivity index (χ2v) is 6.91. The molecule has 0 spiro atoms. The van der Waals surface area contributed by atoms with Crippen molar-refractivity contribution < 1.29 is 24.1 Å². The summed E-state index contributed by atoms with van der Waals surface area (Å²) in [4.78, 5) is 2.25. The molecule has 1 unspecified atom stereocenters. The van der Waals surface area contributed by atoms with Gasteiger partial charge in [-0.1, -0.05) is 12.2 Å². The summed E-state index contributed by atoms with van der Waals surface area (Å²) in [6.07, 6.45) is 4.41. The second kappa shape index (κ2) is 4.95. The van der Waals surface area contributed by atoms with Gasteiger partial charge in [0.05, 0.1) is 17.6 Å². The third kappa shape index (κ3) is 1.64. The molecule has 2 bridgehead atoms. The maximum absolute atomic E-state index is 11.0. The lowest BCUT2D eigenvalue weighted by Gasteiger charge is -2.48. The lowest BCUT2D eigenvalue weighted by Crippen LogP contribution is -2.53. The smallest absolute Gasteiger partial charge is 0.231 e. The summed E-state index contributed by atoms with van der Waals surface area (Å²) in [5, 5.41) is 11.0. The maximum Gasteiger partial charge on any atom is 0.231 e. The molecule has 6 atom stereocenters. The van der Waals surface area contributed by atoms with Gasteiger partial charge in [-0.2, -0.15) is 0 Å². The van der Waals surface area contributed by atoms with Crippen LogP contribution in [0, 0.1) is 0 Å². The molecule has 6 nitrogen and oxygen atoms in total. The van der Waals surface area contributed by atoms with Crippen molar-refractivity contribution >= 4 is 0 Å². The second-order valence-electron chi connectivity index (χ2n) is 6.91. The van der Waals surface area contributed by atoms with E-state index in [-0.39, 0.29) is 25.2 Å². The molecule has 3 aliphatic heterocycles. The van der Waals surface area contributed by atoms with E-state index in [4.69, 9.17) is 18.9 Å². The molecule has 3 heterocycles. The highest BCUT2D eigenvalue weighted by Gasteiger charge is 2.61. The molecule has 0 saturated carbocycles. The Morgan fingerprint density at radius 1 is 1.21 bits per heavy atom. The zero-order valence-corrected chi connectivity index (χ0v) is 13.8. The zero-order valence-electron chi connectivity index (χ0n) is 13.8. The highest BCUT2D eigenvalue weighted by Crippen LogP contribution is 2.57. The van der Waals surface area contributed by atoms with E-state index in [2.05, 4.69) is 17.1 Å². The van der Waals surface area contributed by atoms with Crippen molar-refractivity contribution in [3.05, 3.63) is 35.4 Å². The average Bonchev–Trinajstić information content (AvgIpc) is 3.15. The van der Waals surface area contributed by atoms with Crippen molar-refractivity contribution in [2.45, 2.75) is 36.3 Å². The van der Waals surface area contributed by atoms with E-state index in [0.717, 1.165) is 29.0 Å². The van der Waals surface area contributed by atoms with Crippen LogP contribution >= 0.6 is 0 Å². The van der Waals surface area contributed by atoms with Gasteiger partial charge in [0.15, 0.2) is 11.5 Å². The summed E-state index contributed by atoms with van der Waals surface area (Å²) in [7, 11) is 3.44. The summed E-state index contributed by atoms with van der Waals surface area (Å²) in [6.45, 7) is 0.811. The molecule has 1 fully saturated rings. The van der Waals surface area contributed by atoms with Gasteiger partial charge >= 0.3 is 0 Å². The fourth-order valence-corrected chi connectivity index (χ4v) is 4.95. The van der Waals surface area contributed by atoms with Crippen LogP contribution in [0.4, 0.5) is 0 Å². The number of nitrogens with zero attached hydrogens (tertiary/aromatic N) is 1. The van der Waals surface area contributed by atoms with Crippen molar-refractivity contribution in [1.29, 1.82) is 0 Å². The van der Waals surface area contributed by atoms with Gasteiger partial charge in [-0.15, -0.1) is 0 Å². The molecule has 1 aliphatic carbocycles. The molecule has 0 amide bonds. The van der Waals surface area contributed by atoms with Gasteiger partial charge in [0.1, 0.15) is 6.23 Å². The highest BCUT2D eigenvalue weighted by atomic mass is 16.7. The summed E-state index contributed by atoms with van der Waals surface area (Å²) in [6, 6.07) is 4.17. The first-order chi connectivity index (χ1) is 11.7. The van der Waals surface area contributed by atoms with Crippen molar-refractivity contribution in [1.82, 2.24) is 4.90 Å². The fraction of sp³-hybridized carbons (Fsp3) is 0.556. The average molecular weight is 331 g/mol. The lowest BCUT2D eigenvalue weighted by atomic mass is 9.65. The Morgan fingerprint density at radius 2 is 2.00 bits per heavy atom. The Morgan fingerprint density at radius 3 is 2.75 bits per heavy atom. The minimum absolute atomic E-state index is 0.0593. The molecule has 128 valence electrons. The molecule has 1 aromatic carbocycles. The molecule has 1 N–H and O–H groups in total. The Hall–Kier alpha value is -1.60. The molecule has 5 rings (SSSR count). The molecule has 6 heteroatoms. The number of hydrogen-bond donors (Lipinski definition) is 1. The Balaban J connectivity index is 1.75. The predicted octanol–water partition coefficient (Wildman–Crippen LogP) is 1.33. The third-order valence-corrected chi connectivity index (χ3v) is 6.03. The SMILES string of the molecule is CO[C@@H]1C=C[C@@]23c4cc5c(cc4[C@H](OC)N(C[C@@H]2O)[C@H]3C1)OCO5. The van der Waals surface area contributed by atoms with Crippen LogP contribution in [0.2, 0.25) is 0 Å². The number of fused-ring (bicyclic) bond motifs is 2. The number of hydrogen-bond acceptors (Lipinski definition) is 6. The van der Waals surface area contributed by atoms with Crippen LogP contribution in [0.3, 0.4) is 0 Å². The normalized spacial score (nSPS) is 41.2. The number of benzene rings is 1. The molecule has 1 saturated heterocycles. The van der Waals surface area contributed by atoms with Gasteiger partial charge < -0.3 is 24.1 Å².